The number of carbonyl (C=O) groups excluding carboxylic acids is 2. The van der Waals surface area contributed by atoms with Crippen LogP contribution in [-0.2, 0) is 81.4 Å². The van der Waals surface area contributed by atoms with Gasteiger partial charge in [0.15, 0.2) is 5.82 Å². The quantitative estimate of drug-likeness (QED) is 0.264. The van der Waals surface area contributed by atoms with Crippen molar-refractivity contribution in [1.29, 1.82) is 5.26 Å². The second-order valence-corrected chi connectivity index (χ2v) is 11.6. The Balaban J connectivity index is -0.000000646. The molecule has 4 unspecified atom stereocenters. The van der Waals surface area contributed by atoms with Gasteiger partial charge in [-0.3, -0.25) is 0 Å². The molecule has 0 spiro atoms. The first-order chi connectivity index (χ1) is 19.6. The van der Waals surface area contributed by atoms with Crippen LogP contribution in [0.25, 0.3) is 10.6 Å². The molecule has 2 aliphatic rings. The van der Waals surface area contributed by atoms with E-state index in [1.54, 1.807) is 27.9 Å². The Morgan fingerprint density at radius 1 is 0.860 bits per heavy atom. The van der Waals surface area contributed by atoms with Gasteiger partial charge in [-0.15, -0.1) is 24.3 Å². The minimum Gasteiger partial charge on any atom is -0.656 e. The number of H-pyrrole nitrogens is 1. The molecule has 0 aromatic carbocycles. The summed E-state index contributed by atoms with van der Waals surface area (Å²) in [7, 11) is 3.12. The van der Waals surface area contributed by atoms with Crippen LogP contribution in [0.5, 0.6) is 0 Å². The molecule has 10 atom stereocenters. The van der Waals surface area contributed by atoms with E-state index in [1.165, 1.54) is 19.3 Å². The van der Waals surface area contributed by atoms with Crippen molar-refractivity contribution in [2.24, 2.45) is 59.2 Å². The normalized spacial score (nSPS) is 26.3. The van der Waals surface area contributed by atoms with Crippen molar-refractivity contribution in [3.05, 3.63) is 30.3 Å². The molecule has 9 nitrogen and oxygen atoms in total. The first kappa shape index (κ1) is 47.1. The maximum atomic E-state index is 12.0. The zero-order chi connectivity index (χ0) is 31.7. The van der Waals surface area contributed by atoms with Crippen molar-refractivity contribution in [2.75, 3.05) is 14.1 Å². The molecular formula is C32H57N7O2Y2-4. The van der Waals surface area contributed by atoms with Gasteiger partial charge in [0.25, 0.3) is 0 Å². The fourth-order valence-corrected chi connectivity index (χ4v) is 6.77. The molecule has 11 heteroatoms. The van der Waals surface area contributed by atoms with Gasteiger partial charge in [0.1, 0.15) is 0 Å². The molecule has 43 heavy (non-hydrogen) atoms. The van der Waals surface area contributed by atoms with Gasteiger partial charge >= 0.3 is 0 Å². The average Bonchev–Trinajstić information content (AvgIpc) is 3.73. The van der Waals surface area contributed by atoms with Crippen LogP contribution in [-0.4, -0.2) is 46.5 Å². The molecule has 2 saturated carbocycles. The van der Waals surface area contributed by atoms with Gasteiger partial charge in [-0.25, -0.2) is 0 Å². The minimum atomic E-state index is -0.114. The molecule has 1 aromatic heterocycles. The number of carbonyl (C=O) groups is 2. The monoisotopic (exact) mass is 749 g/mol. The molecule has 0 aliphatic heterocycles. The van der Waals surface area contributed by atoms with Gasteiger partial charge in [0, 0.05) is 90.1 Å². The number of amides is 2. The van der Waals surface area contributed by atoms with Crippen molar-refractivity contribution in [3.8, 4) is 6.07 Å². The Labute approximate surface area is 313 Å². The largest absolute Gasteiger partial charge is 0.656 e. The zero-order valence-electron chi connectivity index (χ0n) is 28.6. The van der Waals surface area contributed by atoms with E-state index in [4.69, 9.17) is 5.26 Å². The molecular weight excluding hydrogens is 692 g/mol. The number of nitrogens with zero attached hydrogens (tertiary/aromatic N) is 6. The fourth-order valence-electron chi connectivity index (χ4n) is 6.77. The van der Waals surface area contributed by atoms with Crippen LogP contribution in [0.4, 0.5) is 0 Å². The van der Waals surface area contributed by atoms with Crippen LogP contribution in [0, 0.1) is 84.4 Å². The zero-order valence-corrected chi connectivity index (χ0v) is 34.3. The second kappa shape index (κ2) is 25.8. The molecule has 1 heterocycles. The smallest absolute Gasteiger partial charge is 0.174 e. The maximum Gasteiger partial charge on any atom is 0.174 e. The van der Waals surface area contributed by atoms with Crippen LogP contribution in [0.3, 0.4) is 0 Å². The number of aromatic nitrogens is 4. The van der Waals surface area contributed by atoms with Crippen molar-refractivity contribution in [3.63, 3.8) is 0 Å². The van der Waals surface area contributed by atoms with E-state index >= 15 is 0 Å². The van der Waals surface area contributed by atoms with Gasteiger partial charge in [0.05, 0.1) is 17.9 Å². The molecule has 2 aliphatic carbocycles. The molecule has 1 N–H and O–H groups in total. The van der Waals surface area contributed by atoms with E-state index in [-0.39, 0.29) is 101 Å². The molecule has 2 radical (unpaired) electrons. The standard InChI is InChI=1S/C14H25N5O.C14H24N2O.2C2H5.2Y/c1-8-5-6-11(9(8)2)12(10(3)14(20)15-4)7-13-16-18-19-17-13;1-9-5-6-12(10(9)2)13(7-8-15)11(3)14(17)16-4;2*1-2;;/h8-12H,5-7H2,1-4H3,(H2,15,16,17,18,19,20);9-13H,5-7H2,1-4H3,(H,16,17);2*1H2,2H3;;/q;;2*-1;;/p-2/t8-,9-,10?,11+,12?;9-,10-,11?,12+,13?;;;;/m11..../s1. The van der Waals surface area contributed by atoms with E-state index in [0.717, 1.165) is 6.42 Å². The van der Waals surface area contributed by atoms with Gasteiger partial charge in [-0.2, -0.15) is 24.3 Å². The number of nitrogens with one attached hydrogen (secondary N) is 1. The van der Waals surface area contributed by atoms with E-state index in [1.807, 2.05) is 13.8 Å². The maximum absolute atomic E-state index is 12.0. The molecule has 3 rings (SSSR count). The average molecular weight is 750 g/mol. The molecule has 2 fully saturated rings. The van der Waals surface area contributed by atoms with Gasteiger partial charge < -0.3 is 34.1 Å². The molecule has 2 amide bonds. The number of hydrogen-bond donors (Lipinski definition) is 1. The number of rotatable bonds is 9. The topological polar surface area (TPSA) is 141 Å². The molecule has 1 aromatic rings. The summed E-state index contributed by atoms with van der Waals surface area (Å²) in [6.07, 6.45) is 5.95. The number of hydrogen-bond acceptors (Lipinski definition) is 6. The SMILES string of the molecule is C[N-]C(=O)C(C)C(CC#N)[C@H]1CC[C@@H](C)[C@H]1C.C[N-]C(=O)C(C)C(Cc1nn[nH]n1)[C@H]1CC[C@@H](C)[C@H]1C.[CH2-]C.[CH2-]C.[Y].[Y]. The van der Waals surface area contributed by atoms with Crippen LogP contribution >= 0.6 is 0 Å². The van der Waals surface area contributed by atoms with Crippen LogP contribution in [0.1, 0.15) is 93.3 Å². The van der Waals surface area contributed by atoms with Crippen LogP contribution in [0.15, 0.2) is 0 Å². The number of nitriles is 1. The minimum absolute atomic E-state index is 0. The van der Waals surface area contributed by atoms with Crippen molar-refractivity contribution in [1.82, 2.24) is 20.6 Å². The second-order valence-electron chi connectivity index (χ2n) is 11.6. The third-order valence-corrected chi connectivity index (χ3v) is 9.80. The molecule has 0 bridgehead atoms. The summed E-state index contributed by atoms with van der Waals surface area (Å²) < 4.78 is 0. The third kappa shape index (κ3) is 14.3. The summed E-state index contributed by atoms with van der Waals surface area (Å²) in [5.41, 5.74) is 0. The predicted octanol–water partition coefficient (Wildman–Crippen LogP) is 7.25. The Bertz CT molecular complexity index is 897. The Hall–Kier alpha value is -0.292. The summed E-state index contributed by atoms with van der Waals surface area (Å²) in [6.45, 7) is 23.0. The summed E-state index contributed by atoms with van der Waals surface area (Å²) in [4.78, 5) is 23.7. The van der Waals surface area contributed by atoms with E-state index in [9.17, 15) is 9.59 Å². The van der Waals surface area contributed by atoms with Crippen molar-refractivity contribution in [2.45, 2.75) is 93.9 Å². The van der Waals surface area contributed by atoms with Crippen molar-refractivity contribution < 1.29 is 75.0 Å². The summed E-state index contributed by atoms with van der Waals surface area (Å²) in [5.74, 6) is 4.53. The Morgan fingerprint density at radius 3 is 1.60 bits per heavy atom. The van der Waals surface area contributed by atoms with Gasteiger partial charge in [-0.05, 0) is 60.2 Å². The Morgan fingerprint density at radius 2 is 1.28 bits per heavy atom. The predicted molar refractivity (Wildman–Crippen MR) is 166 cm³/mol. The summed E-state index contributed by atoms with van der Waals surface area (Å²) in [6, 6.07) is 2.25. The Kier molecular flexibility index (Phi) is 28.3. The molecule has 242 valence electrons. The summed E-state index contributed by atoms with van der Waals surface area (Å²) in [5, 5.41) is 30.8. The van der Waals surface area contributed by atoms with E-state index < -0.39 is 0 Å². The van der Waals surface area contributed by atoms with E-state index in [2.05, 4.69) is 78.9 Å². The number of tetrazole rings is 1. The number of aromatic amines is 1. The molecule has 0 saturated heterocycles. The van der Waals surface area contributed by atoms with Crippen LogP contribution in [0.2, 0.25) is 0 Å². The van der Waals surface area contributed by atoms with Gasteiger partial charge in [-0.1, -0.05) is 59.6 Å². The van der Waals surface area contributed by atoms with Crippen LogP contribution < -0.4 is 0 Å². The first-order valence-electron chi connectivity index (χ1n) is 15.3. The van der Waals surface area contributed by atoms with Gasteiger partial charge in [0.2, 0.25) is 0 Å². The summed E-state index contributed by atoms with van der Waals surface area (Å²) >= 11 is 0. The fraction of sp³-hybridized carbons (Fsp3) is 0.812. The van der Waals surface area contributed by atoms with E-state index in [0.29, 0.717) is 54.2 Å². The van der Waals surface area contributed by atoms with Crippen molar-refractivity contribution >= 4 is 11.8 Å². The first-order valence-corrected chi connectivity index (χ1v) is 15.3. The third-order valence-electron chi connectivity index (χ3n) is 9.80.